The van der Waals surface area contributed by atoms with Crippen LogP contribution >= 0.6 is 11.6 Å². The Labute approximate surface area is 160 Å². The van der Waals surface area contributed by atoms with Gasteiger partial charge in [-0.25, -0.2) is 8.42 Å². The molecule has 1 aliphatic heterocycles. The average Bonchev–Trinajstić information content (AvgIpc) is 2.65. The van der Waals surface area contributed by atoms with Crippen molar-refractivity contribution in [2.75, 3.05) is 19.7 Å². The largest absolute Gasteiger partial charge is 0.376 e. The number of rotatable bonds is 6. The lowest BCUT2D eigenvalue weighted by Crippen LogP contribution is -2.39. The van der Waals surface area contributed by atoms with Crippen LogP contribution in [-0.2, 0) is 21.4 Å². The zero-order valence-corrected chi connectivity index (χ0v) is 16.5. The Morgan fingerprint density at radius 3 is 2.46 bits per heavy atom. The lowest BCUT2D eigenvalue weighted by molar-refractivity contribution is 0.0688. The molecule has 0 N–H and O–H groups in total. The van der Waals surface area contributed by atoms with E-state index in [-0.39, 0.29) is 0 Å². The topological polar surface area (TPSA) is 46.6 Å². The maximum Gasteiger partial charge on any atom is 0.243 e. The summed E-state index contributed by atoms with van der Waals surface area (Å²) in [4.78, 5) is 0.309. The van der Waals surface area contributed by atoms with Gasteiger partial charge in [-0.2, -0.15) is 4.31 Å². The molecule has 0 aromatic heterocycles. The van der Waals surface area contributed by atoms with E-state index in [0.717, 1.165) is 18.4 Å². The molecular weight excluding hydrogens is 370 g/mol. The molecule has 6 heteroatoms. The number of ether oxygens (including phenoxy) is 1. The zero-order chi connectivity index (χ0) is 18.6. The van der Waals surface area contributed by atoms with Crippen molar-refractivity contribution >= 4 is 21.6 Å². The summed E-state index contributed by atoms with van der Waals surface area (Å²) in [6, 6.07) is 15.1. The van der Waals surface area contributed by atoms with E-state index in [1.165, 1.54) is 0 Å². The van der Waals surface area contributed by atoms with Gasteiger partial charge in [0.15, 0.2) is 0 Å². The summed E-state index contributed by atoms with van der Waals surface area (Å²) in [5, 5.41) is 0.482. The molecule has 1 heterocycles. The molecular formula is C20H24ClNO3S. The summed E-state index contributed by atoms with van der Waals surface area (Å²) in [7, 11) is -3.49. The van der Waals surface area contributed by atoms with Gasteiger partial charge in [-0.3, -0.25) is 0 Å². The van der Waals surface area contributed by atoms with Crippen LogP contribution in [0.15, 0.2) is 53.4 Å². The van der Waals surface area contributed by atoms with Gasteiger partial charge in [0, 0.05) is 24.7 Å². The van der Waals surface area contributed by atoms with E-state index < -0.39 is 10.0 Å². The summed E-state index contributed by atoms with van der Waals surface area (Å²) < 4.78 is 33.2. The maximum atomic E-state index is 12.9. The molecule has 0 unspecified atom stereocenters. The first-order valence-corrected chi connectivity index (χ1v) is 10.7. The molecule has 3 rings (SSSR count). The standard InChI is InChI=1S/C20H24ClNO3S/c1-16-19(21)8-5-9-20(16)26(23,24)22-12-10-18(11-13-22)15-25-14-17-6-3-2-4-7-17/h2-9,18H,10-15H2,1H3. The average molecular weight is 394 g/mol. The third-order valence-electron chi connectivity index (χ3n) is 4.87. The molecule has 0 atom stereocenters. The first kappa shape index (κ1) is 19.4. The van der Waals surface area contributed by atoms with Gasteiger partial charge in [-0.1, -0.05) is 48.0 Å². The van der Waals surface area contributed by atoms with Crippen molar-refractivity contribution < 1.29 is 13.2 Å². The smallest absolute Gasteiger partial charge is 0.243 e. The number of benzene rings is 2. The Bertz CT molecular complexity index is 831. The molecule has 4 nitrogen and oxygen atoms in total. The van der Waals surface area contributed by atoms with Gasteiger partial charge in [0.1, 0.15) is 0 Å². The maximum absolute atomic E-state index is 12.9. The summed E-state index contributed by atoms with van der Waals surface area (Å²) in [5.41, 5.74) is 1.77. The molecule has 0 radical (unpaired) electrons. The molecule has 26 heavy (non-hydrogen) atoms. The van der Waals surface area contributed by atoms with E-state index >= 15 is 0 Å². The number of sulfonamides is 1. The van der Waals surface area contributed by atoms with Crippen LogP contribution in [0.3, 0.4) is 0 Å². The van der Waals surface area contributed by atoms with E-state index in [9.17, 15) is 8.42 Å². The molecule has 0 aliphatic carbocycles. The minimum absolute atomic E-state index is 0.309. The van der Waals surface area contributed by atoms with Crippen LogP contribution in [0.1, 0.15) is 24.0 Å². The van der Waals surface area contributed by atoms with Gasteiger partial charge >= 0.3 is 0 Å². The Balaban J connectivity index is 1.54. The predicted molar refractivity (Wildman–Crippen MR) is 104 cm³/mol. The minimum Gasteiger partial charge on any atom is -0.376 e. The second-order valence-electron chi connectivity index (χ2n) is 6.71. The van der Waals surface area contributed by atoms with E-state index in [0.29, 0.717) is 47.7 Å². The number of hydrogen-bond acceptors (Lipinski definition) is 3. The van der Waals surface area contributed by atoms with Crippen molar-refractivity contribution in [1.82, 2.24) is 4.31 Å². The van der Waals surface area contributed by atoms with Crippen molar-refractivity contribution in [1.29, 1.82) is 0 Å². The van der Waals surface area contributed by atoms with E-state index in [4.69, 9.17) is 16.3 Å². The number of piperidine rings is 1. The van der Waals surface area contributed by atoms with E-state index in [1.54, 1.807) is 29.4 Å². The predicted octanol–water partition coefficient (Wildman–Crippen LogP) is 4.27. The van der Waals surface area contributed by atoms with Crippen molar-refractivity contribution in [2.45, 2.75) is 31.3 Å². The second-order valence-corrected chi connectivity index (χ2v) is 9.02. The molecule has 0 bridgehead atoms. The molecule has 140 valence electrons. The fraction of sp³-hybridized carbons (Fsp3) is 0.400. The molecule has 2 aromatic carbocycles. The van der Waals surface area contributed by atoms with Crippen LogP contribution in [0.2, 0.25) is 5.02 Å². The molecule has 1 fully saturated rings. The normalized spacial score (nSPS) is 16.7. The van der Waals surface area contributed by atoms with Crippen LogP contribution in [0.25, 0.3) is 0 Å². The SMILES string of the molecule is Cc1c(Cl)cccc1S(=O)(=O)N1CCC(COCc2ccccc2)CC1. The van der Waals surface area contributed by atoms with Gasteiger partial charge in [0.2, 0.25) is 10.0 Å². The molecule has 0 spiro atoms. The van der Waals surface area contributed by atoms with E-state index in [2.05, 4.69) is 0 Å². The molecule has 0 amide bonds. The highest BCUT2D eigenvalue weighted by molar-refractivity contribution is 7.89. The van der Waals surface area contributed by atoms with Gasteiger partial charge in [0.25, 0.3) is 0 Å². The van der Waals surface area contributed by atoms with Gasteiger partial charge < -0.3 is 4.74 Å². The first-order chi connectivity index (χ1) is 12.5. The van der Waals surface area contributed by atoms with Crippen LogP contribution < -0.4 is 0 Å². The highest BCUT2D eigenvalue weighted by Crippen LogP contribution is 2.28. The summed E-state index contributed by atoms with van der Waals surface area (Å²) in [6.45, 7) is 4.06. The zero-order valence-electron chi connectivity index (χ0n) is 14.9. The molecule has 1 saturated heterocycles. The highest BCUT2D eigenvalue weighted by atomic mass is 35.5. The Hall–Kier alpha value is -1.40. The monoisotopic (exact) mass is 393 g/mol. The van der Waals surface area contributed by atoms with Crippen molar-refractivity contribution in [3.8, 4) is 0 Å². The van der Waals surface area contributed by atoms with Gasteiger partial charge in [0.05, 0.1) is 11.5 Å². The van der Waals surface area contributed by atoms with Crippen molar-refractivity contribution in [3.05, 3.63) is 64.7 Å². The third kappa shape index (κ3) is 4.46. The van der Waals surface area contributed by atoms with Crippen LogP contribution in [0.5, 0.6) is 0 Å². The van der Waals surface area contributed by atoms with Crippen LogP contribution in [-0.4, -0.2) is 32.4 Å². The molecule has 0 saturated carbocycles. The molecule has 2 aromatic rings. The van der Waals surface area contributed by atoms with Crippen molar-refractivity contribution in [2.24, 2.45) is 5.92 Å². The number of nitrogens with zero attached hydrogens (tertiary/aromatic N) is 1. The van der Waals surface area contributed by atoms with Crippen molar-refractivity contribution in [3.63, 3.8) is 0 Å². The van der Waals surface area contributed by atoms with Crippen LogP contribution in [0, 0.1) is 12.8 Å². The Kier molecular flexibility index (Phi) is 6.35. The quantitative estimate of drug-likeness (QED) is 0.736. The van der Waals surface area contributed by atoms with Gasteiger partial charge in [-0.15, -0.1) is 0 Å². The second kappa shape index (κ2) is 8.53. The first-order valence-electron chi connectivity index (χ1n) is 8.85. The summed E-state index contributed by atoms with van der Waals surface area (Å²) >= 11 is 6.09. The molecule has 1 aliphatic rings. The highest BCUT2D eigenvalue weighted by Gasteiger charge is 2.30. The Morgan fingerprint density at radius 2 is 1.77 bits per heavy atom. The summed E-state index contributed by atoms with van der Waals surface area (Å²) in [5.74, 6) is 0.394. The Morgan fingerprint density at radius 1 is 1.08 bits per heavy atom. The van der Waals surface area contributed by atoms with Crippen LogP contribution in [0.4, 0.5) is 0 Å². The fourth-order valence-corrected chi connectivity index (χ4v) is 5.19. The lowest BCUT2D eigenvalue weighted by atomic mass is 9.99. The number of halogens is 1. The number of hydrogen-bond donors (Lipinski definition) is 0. The minimum atomic E-state index is -3.49. The fourth-order valence-electron chi connectivity index (χ4n) is 3.24. The third-order valence-corrected chi connectivity index (χ3v) is 7.33. The van der Waals surface area contributed by atoms with Gasteiger partial charge in [-0.05, 0) is 48.9 Å². The summed E-state index contributed by atoms with van der Waals surface area (Å²) in [6.07, 6.45) is 1.63. The van der Waals surface area contributed by atoms with E-state index in [1.807, 2.05) is 30.3 Å². The lowest BCUT2D eigenvalue weighted by Gasteiger charge is -2.31.